The van der Waals surface area contributed by atoms with Gasteiger partial charge in [0.2, 0.25) is 0 Å². The zero-order chi connectivity index (χ0) is 18.3. The van der Waals surface area contributed by atoms with Crippen LogP contribution in [0.1, 0.15) is 0 Å². The van der Waals surface area contributed by atoms with Crippen LogP contribution >= 0.6 is 0 Å². The fourth-order valence-electron chi connectivity index (χ4n) is 4.15. The molecule has 1 aliphatic carbocycles. The molecule has 0 spiro atoms. The van der Waals surface area contributed by atoms with Crippen molar-refractivity contribution >= 4 is 11.7 Å². The van der Waals surface area contributed by atoms with Gasteiger partial charge >= 0.3 is 6.03 Å². The van der Waals surface area contributed by atoms with Gasteiger partial charge in [0.15, 0.2) is 0 Å². The Balaban J connectivity index is 1.38. The molecule has 0 radical (unpaired) electrons. The van der Waals surface area contributed by atoms with Gasteiger partial charge in [-0.3, -0.25) is 0 Å². The van der Waals surface area contributed by atoms with E-state index in [1.807, 2.05) is 35.2 Å². The van der Waals surface area contributed by atoms with E-state index in [9.17, 15) is 9.18 Å². The lowest BCUT2D eigenvalue weighted by Gasteiger charge is -2.21. The van der Waals surface area contributed by atoms with E-state index in [4.69, 9.17) is 0 Å². The van der Waals surface area contributed by atoms with Gasteiger partial charge < -0.3 is 15.1 Å². The Hall–Kier alpha value is -2.40. The second-order valence-corrected chi connectivity index (χ2v) is 7.68. The van der Waals surface area contributed by atoms with Crippen molar-refractivity contribution in [3.8, 4) is 11.1 Å². The second kappa shape index (κ2) is 6.72. The van der Waals surface area contributed by atoms with Crippen LogP contribution in [-0.4, -0.2) is 49.6 Å². The molecule has 3 atom stereocenters. The molecule has 26 heavy (non-hydrogen) atoms. The minimum absolute atomic E-state index is 0.0443. The lowest BCUT2D eigenvalue weighted by atomic mass is 10.1. The van der Waals surface area contributed by atoms with Crippen LogP contribution < -0.4 is 5.32 Å². The SMILES string of the molecule is CN(C)CC1[C@H]2CN(C(=O)Nc3cccc(-c4cccc(F)c4)c3)C[C@@H]12. The summed E-state index contributed by atoms with van der Waals surface area (Å²) >= 11 is 0. The third-order valence-corrected chi connectivity index (χ3v) is 5.51. The maximum Gasteiger partial charge on any atom is 0.321 e. The number of carbonyl (C=O) groups is 1. The second-order valence-electron chi connectivity index (χ2n) is 7.68. The molecule has 136 valence electrons. The maximum absolute atomic E-state index is 13.4. The molecule has 1 heterocycles. The number of benzene rings is 2. The third-order valence-electron chi connectivity index (χ3n) is 5.51. The van der Waals surface area contributed by atoms with E-state index in [1.165, 1.54) is 12.1 Å². The molecule has 0 bridgehead atoms. The Labute approximate surface area is 153 Å². The highest BCUT2D eigenvalue weighted by atomic mass is 19.1. The van der Waals surface area contributed by atoms with Crippen LogP contribution in [0.4, 0.5) is 14.9 Å². The van der Waals surface area contributed by atoms with Crippen LogP contribution in [0.15, 0.2) is 48.5 Å². The summed E-state index contributed by atoms with van der Waals surface area (Å²) in [6, 6.07) is 14.0. The molecular formula is C21H24FN3O. The third kappa shape index (κ3) is 3.44. The van der Waals surface area contributed by atoms with Crippen molar-refractivity contribution in [3.05, 3.63) is 54.3 Å². The molecule has 1 saturated heterocycles. The summed E-state index contributed by atoms with van der Waals surface area (Å²) in [5.74, 6) is 1.79. The molecule has 1 saturated carbocycles. The first-order chi connectivity index (χ1) is 12.5. The Morgan fingerprint density at radius 2 is 1.77 bits per heavy atom. The van der Waals surface area contributed by atoms with Crippen LogP contribution in [0.3, 0.4) is 0 Å². The van der Waals surface area contributed by atoms with E-state index in [0.717, 1.165) is 42.4 Å². The van der Waals surface area contributed by atoms with Crippen molar-refractivity contribution in [2.45, 2.75) is 0 Å². The fraction of sp³-hybridized carbons (Fsp3) is 0.381. The average molecular weight is 353 g/mol. The summed E-state index contributed by atoms with van der Waals surface area (Å²) in [6.45, 7) is 2.80. The van der Waals surface area contributed by atoms with Crippen LogP contribution in [0.25, 0.3) is 11.1 Å². The molecule has 1 N–H and O–H groups in total. The Morgan fingerprint density at radius 1 is 1.12 bits per heavy atom. The summed E-state index contributed by atoms with van der Waals surface area (Å²) in [4.78, 5) is 16.7. The molecule has 5 heteroatoms. The molecule has 2 aromatic rings. The number of anilines is 1. The summed E-state index contributed by atoms with van der Waals surface area (Å²) in [5.41, 5.74) is 2.43. The number of hydrogen-bond donors (Lipinski definition) is 1. The molecule has 1 unspecified atom stereocenters. The molecule has 4 nitrogen and oxygen atoms in total. The number of carbonyl (C=O) groups excluding carboxylic acids is 1. The van der Waals surface area contributed by atoms with E-state index in [0.29, 0.717) is 11.8 Å². The van der Waals surface area contributed by atoms with Crippen molar-refractivity contribution in [1.82, 2.24) is 9.80 Å². The summed E-state index contributed by atoms with van der Waals surface area (Å²) in [7, 11) is 4.20. The Bertz CT molecular complexity index is 810. The lowest BCUT2D eigenvalue weighted by molar-refractivity contribution is 0.212. The molecule has 2 amide bonds. The van der Waals surface area contributed by atoms with Gasteiger partial charge in [-0.2, -0.15) is 0 Å². The molecule has 0 aromatic heterocycles. The van der Waals surface area contributed by atoms with E-state index < -0.39 is 0 Å². The van der Waals surface area contributed by atoms with E-state index in [2.05, 4.69) is 24.3 Å². The average Bonchev–Trinajstić information content (AvgIpc) is 3.04. The van der Waals surface area contributed by atoms with Gasteiger partial charge in [-0.05, 0) is 67.2 Å². The van der Waals surface area contributed by atoms with E-state index in [-0.39, 0.29) is 11.8 Å². The number of hydrogen-bond acceptors (Lipinski definition) is 2. The van der Waals surface area contributed by atoms with Crippen LogP contribution in [0.5, 0.6) is 0 Å². The molecule has 2 aromatic carbocycles. The lowest BCUT2D eigenvalue weighted by Crippen LogP contribution is -2.36. The number of piperidine rings is 1. The Morgan fingerprint density at radius 3 is 2.42 bits per heavy atom. The van der Waals surface area contributed by atoms with Crippen molar-refractivity contribution in [3.63, 3.8) is 0 Å². The molecule has 4 rings (SSSR count). The van der Waals surface area contributed by atoms with Gasteiger partial charge in [0, 0.05) is 25.3 Å². The standard InChI is InChI=1S/C21H24FN3O/c1-24(2)11-18-19-12-25(13-20(18)19)21(26)23-17-8-4-6-15(10-17)14-5-3-7-16(22)9-14/h3-10,18-20H,11-13H2,1-2H3,(H,23,26)/t18?,19-,20+. The number of halogens is 1. The van der Waals surface area contributed by atoms with E-state index in [1.54, 1.807) is 6.07 Å². The summed E-state index contributed by atoms with van der Waals surface area (Å²) in [6.07, 6.45) is 0. The molecule has 2 fully saturated rings. The number of urea groups is 1. The smallest absolute Gasteiger partial charge is 0.321 e. The first-order valence-corrected chi connectivity index (χ1v) is 9.08. The first-order valence-electron chi connectivity index (χ1n) is 9.08. The summed E-state index contributed by atoms with van der Waals surface area (Å²) in [5, 5.41) is 2.99. The van der Waals surface area contributed by atoms with Crippen molar-refractivity contribution in [2.75, 3.05) is 39.0 Å². The number of amides is 2. The number of fused-ring (bicyclic) bond motifs is 1. The van der Waals surface area contributed by atoms with Gasteiger partial charge in [0.25, 0.3) is 0 Å². The van der Waals surface area contributed by atoms with Gasteiger partial charge in [-0.15, -0.1) is 0 Å². The zero-order valence-corrected chi connectivity index (χ0v) is 15.2. The highest BCUT2D eigenvalue weighted by Crippen LogP contribution is 2.51. The van der Waals surface area contributed by atoms with Crippen molar-refractivity contribution < 1.29 is 9.18 Å². The van der Waals surface area contributed by atoms with E-state index >= 15 is 0 Å². The predicted octanol–water partition coefficient (Wildman–Crippen LogP) is 3.76. The molecule has 2 aliphatic rings. The van der Waals surface area contributed by atoms with Gasteiger partial charge in [0.1, 0.15) is 5.82 Å². The fourth-order valence-corrected chi connectivity index (χ4v) is 4.15. The van der Waals surface area contributed by atoms with Crippen molar-refractivity contribution in [1.29, 1.82) is 0 Å². The van der Waals surface area contributed by atoms with Gasteiger partial charge in [-0.25, -0.2) is 9.18 Å². The predicted molar refractivity (Wildman–Crippen MR) is 101 cm³/mol. The number of likely N-dealkylation sites (tertiary alicyclic amines) is 1. The minimum atomic E-state index is -0.263. The number of nitrogens with zero attached hydrogens (tertiary/aromatic N) is 2. The number of nitrogens with one attached hydrogen (secondary N) is 1. The largest absolute Gasteiger partial charge is 0.324 e. The molecular weight excluding hydrogens is 329 g/mol. The monoisotopic (exact) mass is 353 g/mol. The first kappa shape index (κ1) is 17.0. The van der Waals surface area contributed by atoms with Gasteiger partial charge in [0.05, 0.1) is 0 Å². The highest BCUT2D eigenvalue weighted by molar-refractivity contribution is 5.90. The topological polar surface area (TPSA) is 35.6 Å². The van der Waals surface area contributed by atoms with Crippen LogP contribution in [0, 0.1) is 23.6 Å². The quantitative estimate of drug-likeness (QED) is 0.908. The summed E-state index contributed by atoms with van der Waals surface area (Å²) < 4.78 is 13.4. The van der Waals surface area contributed by atoms with Crippen LogP contribution in [0.2, 0.25) is 0 Å². The normalized spacial score (nSPS) is 23.8. The Kier molecular flexibility index (Phi) is 4.41. The van der Waals surface area contributed by atoms with Crippen LogP contribution in [-0.2, 0) is 0 Å². The molecule has 1 aliphatic heterocycles. The van der Waals surface area contributed by atoms with Crippen molar-refractivity contribution in [2.24, 2.45) is 17.8 Å². The zero-order valence-electron chi connectivity index (χ0n) is 15.2. The number of rotatable bonds is 4. The maximum atomic E-state index is 13.4. The van der Waals surface area contributed by atoms with Gasteiger partial charge in [-0.1, -0.05) is 24.3 Å². The minimum Gasteiger partial charge on any atom is -0.324 e. The highest BCUT2D eigenvalue weighted by Gasteiger charge is 2.56.